The number of rotatable bonds is 17. The zero-order valence-corrected chi connectivity index (χ0v) is 35.8. The summed E-state index contributed by atoms with van der Waals surface area (Å²) in [6.45, 7) is 6.18. The van der Waals surface area contributed by atoms with E-state index >= 15 is 0 Å². The second kappa shape index (κ2) is 19.8. The molecule has 0 amide bonds. The maximum absolute atomic E-state index is 12.9. The number of fused-ring (bicyclic) bond motifs is 2. The predicted molar refractivity (Wildman–Crippen MR) is 231 cm³/mol. The van der Waals surface area contributed by atoms with Crippen LogP contribution in [0.2, 0.25) is 0 Å². The molecule has 8 nitrogen and oxygen atoms in total. The van der Waals surface area contributed by atoms with E-state index in [2.05, 4.69) is 84.4 Å². The van der Waals surface area contributed by atoms with Gasteiger partial charge in [0.1, 0.15) is 12.3 Å². The second-order valence-corrected chi connectivity index (χ2v) is 15.7. The zero-order valence-electron chi connectivity index (χ0n) is 32.3. The number of para-hydroxylation sites is 2. The summed E-state index contributed by atoms with van der Waals surface area (Å²) in [7, 11) is 9.38. The van der Waals surface area contributed by atoms with Crippen molar-refractivity contribution in [3.05, 3.63) is 131 Å². The van der Waals surface area contributed by atoms with Gasteiger partial charge in [0.15, 0.2) is 0 Å². The summed E-state index contributed by atoms with van der Waals surface area (Å²) >= 11 is 0. The average molecular weight is 863 g/mol. The Morgan fingerprint density at radius 2 is 0.796 bits per heavy atom. The summed E-state index contributed by atoms with van der Waals surface area (Å²) < 4.78 is 1.98. The van der Waals surface area contributed by atoms with Gasteiger partial charge in [-0.3, -0.25) is 9.98 Å². The molecule has 6 rings (SSSR count). The van der Waals surface area contributed by atoms with E-state index in [0.29, 0.717) is 11.1 Å². The van der Waals surface area contributed by atoms with Crippen LogP contribution in [0.4, 0.5) is 11.4 Å². The highest BCUT2D eigenvalue weighted by atomic mass is 79.9. The lowest BCUT2D eigenvalue weighted by atomic mass is 10.0. The van der Waals surface area contributed by atoms with E-state index < -0.39 is 0 Å². The molecule has 0 saturated heterocycles. The lowest BCUT2D eigenvalue weighted by Gasteiger charge is -2.39. The first-order valence-corrected chi connectivity index (χ1v) is 19.1. The van der Waals surface area contributed by atoms with Crippen LogP contribution in [0.25, 0.3) is 0 Å². The van der Waals surface area contributed by atoms with Gasteiger partial charge in [-0.2, -0.15) is 0 Å². The quantitative estimate of drug-likeness (QED) is 0.0827. The van der Waals surface area contributed by atoms with Crippen molar-refractivity contribution >= 4 is 57.1 Å². The number of anilines is 2. The van der Waals surface area contributed by atoms with Crippen molar-refractivity contribution in [2.24, 2.45) is 9.98 Å². The minimum Gasteiger partial charge on any atom is -0.858 e. The van der Waals surface area contributed by atoms with Gasteiger partial charge in [0.25, 0.3) is 0 Å². The van der Waals surface area contributed by atoms with Crippen molar-refractivity contribution in [1.82, 2.24) is 0 Å². The van der Waals surface area contributed by atoms with Crippen molar-refractivity contribution in [1.29, 1.82) is 0 Å². The van der Waals surface area contributed by atoms with E-state index in [1.807, 2.05) is 72.8 Å². The number of halogens is 2. The van der Waals surface area contributed by atoms with Crippen LogP contribution in [0, 0.1) is 0 Å². The van der Waals surface area contributed by atoms with Crippen LogP contribution in [0.5, 0.6) is 0 Å². The van der Waals surface area contributed by atoms with Gasteiger partial charge in [-0.05, 0) is 60.7 Å². The molecule has 0 saturated carbocycles. The van der Waals surface area contributed by atoms with Crippen molar-refractivity contribution in [3.63, 3.8) is 0 Å². The fourth-order valence-electron chi connectivity index (χ4n) is 7.81. The molecule has 2 unspecified atom stereocenters. The molecule has 0 aromatic heterocycles. The van der Waals surface area contributed by atoms with Gasteiger partial charge in [-0.15, -0.1) is 34.0 Å². The Morgan fingerprint density at radius 3 is 1.19 bits per heavy atom. The molecule has 0 N–H and O–H groups in total. The molecular formula is C44H58Br2N6O2. The normalized spacial score (nSPS) is 16.7. The third-order valence-corrected chi connectivity index (χ3v) is 10.8. The molecule has 290 valence electrons. The maximum atomic E-state index is 12.9. The third-order valence-electron chi connectivity index (χ3n) is 10.8. The zero-order chi connectivity index (χ0) is 36.6. The molecule has 0 aliphatic carbocycles. The second-order valence-electron chi connectivity index (χ2n) is 15.7. The SMILES string of the molecule is Br.Br.C[N+](C)(CCCCCC[N+](C)(C)CCCN1c2ccccc2C([O-])=NC1c1ccccc1)CCCN1c2ccccc2C([O-])=NC1c1ccccc1. The minimum atomic E-state index is -0.282. The van der Waals surface area contributed by atoms with Crippen LogP contribution in [0.15, 0.2) is 119 Å². The van der Waals surface area contributed by atoms with Crippen LogP contribution >= 0.6 is 34.0 Å². The Bertz CT molecular complexity index is 1690. The van der Waals surface area contributed by atoms with Gasteiger partial charge >= 0.3 is 0 Å². The van der Waals surface area contributed by atoms with E-state index in [1.165, 1.54) is 25.7 Å². The van der Waals surface area contributed by atoms with Gasteiger partial charge < -0.3 is 29.0 Å². The molecule has 10 heteroatoms. The number of quaternary nitrogens is 2. The summed E-state index contributed by atoms with van der Waals surface area (Å²) in [4.78, 5) is 13.9. The Hall–Kier alpha value is -3.70. The highest BCUT2D eigenvalue weighted by Gasteiger charge is 2.28. The summed E-state index contributed by atoms with van der Waals surface area (Å²) in [6, 6.07) is 36.2. The van der Waals surface area contributed by atoms with Crippen LogP contribution in [0.1, 0.15) is 73.1 Å². The molecule has 2 aliphatic rings. The molecule has 0 fully saturated rings. The lowest BCUT2D eigenvalue weighted by molar-refractivity contribution is -0.891. The molecule has 4 aromatic carbocycles. The van der Waals surface area contributed by atoms with Crippen molar-refractivity contribution in [2.45, 2.75) is 50.9 Å². The molecule has 4 aromatic rings. The third kappa shape index (κ3) is 11.0. The van der Waals surface area contributed by atoms with Crippen LogP contribution < -0.4 is 20.0 Å². The fourth-order valence-corrected chi connectivity index (χ4v) is 7.81. The predicted octanol–water partition coefficient (Wildman–Crippen LogP) is 7.29. The van der Waals surface area contributed by atoms with Crippen LogP contribution in [-0.2, 0) is 0 Å². The average Bonchev–Trinajstić information content (AvgIpc) is 3.15. The highest BCUT2D eigenvalue weighted by molar-refractivity contribution is 8.93. The Balaban J connectivity index is 0.00000325. The molecule has 2 aliphatic heterocycles. The number of benzene rings is 4. The van der Waals surface area contributed by atoms with Gasteiger partial charge in [-0.1, -0.05) is 97.1 Å². The summed E-state index contributed by atoms with van der Waals surface area (Å²) in [5.74, 6) is -0.260. The Labute approximate surface area is 344 Å². The highest BCUT2D eigenvalue weighted by Crippen LogP contribution is 2.36. The van der Waals surface area contributed by atoms with Gasteiger partial charge in [-0.25, -0.2) is 0 Å². The van der Waals surface area contributed by atoms with Gasteiger partial charge in [0.05, 0.1) is 54.4 Å². The van der Waals surface area contributed by atoms with E-state index in [1.54, 1.807) is 0 Å². The summed E-state index contributed by atoms with van der Waals surface area (Å²) in [5, 5.41) is 25.8. The van der Waals surface area contributed by atoms with E-state index in [-0.39, 0.29) is 58.1 Å². The number of aliphatic imine (C=N–C) groups is 2. The van der Waals surface area contributed by atoms with Crippen molar-refractivity contribution in [2.75, 3.05) is 77.3 Å². The lowest BCUT2D eigenvalue weighted by Crippen LogP contribution is -2.44. The standard InChI is InChI=1S/C44H56N6O2.2BrH/c1-49(2,33-19-29-47-39-27-15-13-25-37(39)43(51)45-41(47)35-21-9-7-10-22-35)31-17-5-6-18-32-50(3,4)34-20-30-48-40-28-16-14-26-38(40)44(52)46-42(48)36-23-11-8-12-24-36;;/h7-16,21-28,41-42H,5-6,17-20,29-34H2,1-4H3;2*1H. The first-order valence-electron chi connectivity index (χ1n) is 19.1. The van der Waals surface area contributed by atoms with Gasteiger partial charge in [0.2, 0.25) is 0 Å². The van der Waals surface area contributed by atoms with Gasteiger partial charge in [0, 0.05) is 48.4 Å². The maximum Gasteiger partial charge on any atom is 0.146 e. The molecule has 0 spiro atoms. The summed E-state index contributed by atoms with van der Waals surface area (Å²) in [6.07, 6.45) is 6.43. The first-order chi connectivity index (χ1) is 25.1. The molecule has 2 heterocycles. The van der Waals surface area contributed by atoms with E-state index in [9.17, 15) is 10.2 Å². The Morgan fingerprint density at radius 1 is 0.463 bits per heavy atom. The number of unbranched alkanes of at least 4 members (excludes halogenated alkanes) is 3. The number of nitrogens with zero attached hydrogens (tertiary/aromatic N) is 6. The fraction of sp³-hybridized carbons (Fsp3) is 0.409. The smallest absolute Gasteiger partial charge is 0.146 e. The van der Waals surface area contributed by atoms with Crippen LogP contribution in [0.3, 0.4) is 0 Å². The van der Waals surface area contributed by atoms with E-state index in [0.717, 1.165) is 83.6 Å². The van der Waals surface area contributed by atoms with Crippen molar-refractivity contribution < 1.29 is 19.2 Å². The molecule has 54 heavy (non-hydrogen) atoms. The number of hydrogen-bond donors (Lipinski definition) is 0. The topological polar surface area (TPSA) is 77.3 Å². The molecule has 0 bridgehead atoms. The van der Waals surface area contributed by atoms with Crippen LogP contribution in [-0.4, -0.2) is 88.2 Å². The Kier molecular flexibility index (Phi) is 15.7. The van der Waals surface area contributed by atoms with Crippen molar-refractivity contribution in [3.8, 4) is 0 Å². The van der Waals surface area contributed by atoms with E-state index in [4.69, 9.17) is 0 Å². The largest absolute Gasteiger partial charge is 0.858 e. The molecule has 2 atom stereocenters. The number of hydrogen-bond acceptors (Lipinski definition) is 6. The molecular weight excluding hydrogens is 804 g/mol. The minimum absolute atomic E-state index is 0. The molecule has 0 radical (unpaired) electrons. The monoisotopic (exact) mass is 860 g/mol. The first kappa shape index (κ1) is 43.0. The summed E-state index contributed by atoms with van der Waals surface area (Å²) in [5.41, 5.74) is 5.48.